The van der Waals surface area contributed by atoms with Gasteiger partial charge in [-0.3, -0.25) is 4.79 Å². The Balaban J connectivity index is 1.83. The summed E-state index contributed by atoms with van der Waals surface area (Å²) in [5, 5.41) is 9.89. The van der Waals surface area contributed by atoms with Crippen molar-refractivity contribution in [1.82, 2.24) is 4.90 Å². The van der Waals surface area contributed by atoms with Crippen molar-refractivity contribution in [1.29, 1.82) is 0 Å². The topological polar surface area (TPSA) is 49.8 Å². The van der Waals surface area contributed by atoms with Crippen LogP contribution in [-0.4, -0.2) is 41.7 Å². The van der Waals surface area contributed by atoms with Crippen molar-refractivity contribution in [2.24, 2.45) is 5.92 Å². The van der Waals surface area contributed by atoms with Crippen LogP contribution < -0.4 is 4.74 Å². The number of amides is 1. The summed E-state index contributed by atoms with van der Waals surface area (Å²) in [6, 6.07) is 6.95. The van der Waals surface area contributed by atoms with Gasteiger partial charge in [-0.15, -0.1) is 0 Å². The maximum Gasteiger partial charge on any atom is 0.263 e. The van der Waals surface area contributed by atoms with Crippen LogP contribution in [0.5, 0.6) is 5.75 Å². The van der Waals surface area contributed by atoms with Crippen LogP contribution in [-0.2, 0) is 4.79 Å². The van der Waals surface area contributed by atoms with Crippen LogP contribution in [0.4, 0.5) is 0 Å². The fraction of sp³-hybridized carbons (Fsp3) is 0.533. The van der Waals surface area contributed by atoms with Gasteiger partial charge in [0.1, 0.15) is 5.75 Å². The molecule has 1 aliphatic carbocycles. The normalized spacial score (nSPS) is 22.8. The van der Waals surface area contributed by atoms with Crippen molar-refractivity contribution < 1.29 is 14.6 Å². The molecule has 0 saturated heterocycles. The fourth-order valence-electron chi connectivity index (χ4n) is 2.40. The number of nitrogens with zero attached hydrogens (tertiary/aromatic N) is 1. The molecule has 0 aliphatic heterocycles. The number of ether oxygens (including phenoxy) is 1. The Kier molecular flexibility index (Phi) is 4.89. The third-order valence-corrected chi connectivity index (χ3v) is 3.85. The van der Waals surface area contributed by atoms with Crippen molar-refractivity contribution in [3.05, 3.63) is 29.3 Å². The van der Waals surface area contributed by atoms with E-state index in [1.807, 2.05) is 0 Å². The number of hydrogen-bond acceptors (Lipinski definition) is 3. The monoisotopic (exact) mass is 297 g/mol. The van der Waals surface area contributed by atoms with Gasteiger partial charge in [-0.2, -0.15) is 0 Å². The third-order valence-electron chi connectivity index (χ3n) is 3.59. The summed E-state index contributed by atoms with van der Waals surface area (Å²) in [5.41, 5.74) is 0. The number of carbonyl (C=O) groups is 1. The Morgan fingerprint density at radius 2 is 2.05 bits per heavy atom. The summed E-state index contributed by atoms with van der Waals surface area (Å²) >= 11 is 5.80. The highest BCUT2D eigenvalue weighted by Gasteiger charge is 2.30. The highest BCUT2D eigenvalue weighted by atomic mass is 35.5. The molecule has 1 fully saturated rings. The number of rotatable bonds is 5. The average molecular weight is 298 g/mol. The molecule has 1 aromatic rings. The summed E-state index contributed by atoms with van der Waals surface area (Å²) in [6.07, 6.45) is 0.839. The summed E-state index contributed by atoms with van der Waals surface area (Å²) in [7, 11) is 1.77. The molecule has 1 saturated carbocycles. The van der Waals surface area contributed by atoms with Crippen LogP contribution in [0.15, 0.2) is 24.3 Å². The van der Waals surface area contributed by atoms with E-state index >= 15 is 0 Å². The molecule has 1 unspecified atom stereocenters. The van der Waals surface area contributed by atoms with Gasteiger partial charge in [0, 0.05) is 18.6 Å². The van der Waals surface area contributed by atoms with E-state index in [2.05, 4.69) is 0 Å². The fourth-order valence-corrected chi connectivity index (χ4v) is 2.53. The first-order chi connectivity index (χ1) is 9.45. The molecule has 1 aromatic carbocycles. The number of halogens is 1. The highest BCUT2D eigenvalue weighted by Crippen LogP contribution is 2.27. The highest BCUT2D eigenvalue weighted by molar-refractivity contribution is 6.30. The zero-order valence-electron chi connectivity index (χ0n) is 11.8. The van der Waals surface area contributed by atoms with E-state index < -0.39 is 6.10 Å². The van der Waals surface area contributed by atoms with E-state index in [0.717, 1.165) is 12.8 Å². The van der Waals surface area contributed by atoms with Crippen molar-refractivity contribution in [2.75, 3.05) is 13.6 Å². The molecule has 1 aliphatic rings. The van der Waals surface area contributed by atoms with E-state index in [4.69, 9.17) is 16.3 Å². The molecule has 20 heavy (non-hydrogen) atoms. The average Bonchev–Trinajstić information content (AvgIpc) is 2.38. The van der Waals surface area contributed by atoms with Crippen molar-refractivity contribution in [2.45, 2.75) is 32.0 Å². The first kappa shape index (κ1) is 15.1. The molecule has 0 heterocycles. The van der Waals surface area contributed by atoms with Gasteiger partial charge in [-0.25, -0.2) is 0 Å². The first-order valence-electron chi connectivity index (χ1n) is 6.81. The molecule has 5 heteroatoms. The van der Waals surface area contributed by atoms with Crippen molar-refractivity contribution in [3.8, 4) is 5.75 Å². The predicted molar refractivity (Wildman–Crippen MR) is 77.9 cm³/mol. The Morgan fingerprint density at radius 1 is 1.45 bits per heavy atom. The summed E-state index contributed by atoms with van der Waals surface area (Å²) in [5.74, 6) is 0.978. The second-order valence-corrected chi connectivity index (χ2v) is 5.86. The van der Waals surface area contributed by atoms with Crippen LogP contribution in [0.2, 0.25) is 5.02 Å². The molecular weight excluding hydrogens is 278 g/mol. The quantitative estimate of drug-likeness (QED) is 0.907. The maximum absolute atomic E-state index is 12.2. The summed E-state index contributed by atoms with van der Waals surface area (Å²) < 4.78 is 5.61. The van der Waals surface area contributed by atoms with Crippen LogP contribution in [0.1, 0.15) is 19.8 Å². The number of aliphatic hydroxyl groups is 1. The minimum absolute atomic E-state index is 0.0543. The number of likely N-dealkylation sites (N-methyl/N-ethyl adjacent to an activating group) is 1. The Morgan fingerprint density at radius 3 is 2.60 bits per heavy atom. The van der Waals surface area contributed by atoms with Gasteiger partial charge < -0.3 is 14.7 Å². The van der Waals surface area contributed by atoms with E-state index in [0.29, 0.717) is 23.2 Å². The minimum atomic E-state index is -0.536. The van der Waals surface area contributed by atoms with Gasteiger partial charge in [0.15, 0.2) is 6.10 Å². The van der Waals surface area contributed by atoms with Crippen molar-refractivity contribution in [3.63, 3.8) is 0 Å². The Bertz CT molecular complexity index is 457. The smallest absolute Gasteiger partial charge is 0.263 e. The number of carbonyl (C=O) groups excluding carboxylic acids is 1. The molecule has 0 bridgehead atoms. The predicted octanol–water partition coefficient (Wildman–Crippen LogP) is 2.34. The van der Waals surface area contributed by atoms with Crippen LogP contribution in [0.25, 0.3) is 0 Å². The standard InChI is InChI=1S/C15H20ClNO3/c1-10(20-14-5-3-12(16)4-6-14)15(19)17(2)9-11-7-13(18)8-11/h3-6,10-11,13,18H,7-9H2,1-2H3. The molecule has 0 spiro atoms. The van der Waals surface area contributed by atoms with Gasteiger partial charge >= 0.3 is 0 Å². The molecule has 1 N–H and O–H groups in total. The number of benzene rings is 1. The third kappa shape index (κ3) is 3.87. The van der Waals surface area contributed by atoms with Gasteiger partial charge in [0.05, 0.1) is 6.10 Å². The molecule has 0 radical (unpaired) electrons. The lowest BCUT2D eigenvalue weighted by Gasteiger charge is -2.35. The minimum Gasteiger partial charge on any atom is -0.481 e. The molecule has 1 amide bonds. The second kappa shape index (κ2) is 6.46. The van der Waals surface area contributed by atoms with Gasteiger partial charge in [0.25, 0.3) is 5.91 Å². The number of aliphatic hydroxyl groups excluding tert-OH is 1. The van der Waals surface area contributed by atoms with Gasteiger partial charge in [0.2, 0.25) is 0 Å². The maximum atomic E-state index is 12.2. The second-order valence-electron chi connectivity index (χ2n) is 5.42. The molecule has 4 nitrogen and oxygen atoms in total. The SMILES string of the molecule is CC(Oc1ccc(Cl)cc1)C(=O)N(C)CC1CC(O)C1. The van der Waals surface area contributed by atoms with Gasteiger partial charge in [-0.1, -0.05) is 11.6 Å². The largest absolute Gasteiger partial charge is 0.481 e. The molecule has 1 atom stereocenters. The van der Waals surface area contributed by atoms with E-state index in [1.54, 1.807) is 43.1 Å². The molecule has 110 valence electrons. The molecule has 0 aromatic heterocycles. The molecule has 2 rings (SSSR count). The van der Waals surface area contributed by atoms with Crippen molar-refractivity contribution >= 4 is 17.5 Å². The zero-order chi connectivity index (χ0) is 14.7. The van der Waals surface area contributed by atoms with Crippen LogP contribution in [0, 0.1) is 5.92 Å². The van der Waals surface area contributed by atoms with Crippen LogP contribution in [0.3, 0.4) is 0 Å². The van der Waals surface area contributed by atoms with E-state index in [-0.39, 0.29) is 12.0 Å². The molecular formula is C15H20ClNO3. The zero-order valence-corrected chi connectivity index (χ0v) is 12.5. The van der Waals surface area contributed by atoms with Crippen LogP contribution >= 0.6 is 11.6 Å². The Labute approximate surface area is 124 Å². The first-order valence-corrected chi connectivity index (χ1v) is 7.18. The summed E-state index contributed by atoms with van der Waals surface area (Å²) in [6.45, 7) is 2.41. The lowest BCUT2D eigenvalue weighted by atomic mass is 9.82. The number of hydrogen-bond donors (Lipinski definition) is 1. The van der Waals surface area contributed by atoms with E-state index in [1.165, 1.54) is 0 Å². The van der Waals surface area contributed by atoms with E-state index in [9.17, 15) is 9.90 Å². The summed E-state index contributed by atoms with van der Waals surface area (Å²) in [4.78, 5) is 13.9. The lowest BCUT2D eigenvalue weighted by molar-refractivity contribution is -0.138. The Hall–Kier alpha value is -1.26. The lowest BCUT2D eigenvalue weighted by Crippen LogP contribution is -2.44. The van der Waals surface area contributed by atoms with Gasteiger partial charge in [-0.05, 0) is 49.9 Å².